The van der Waals surface area contributed by atoms with E-state index in [4.69, 9.17) is 28.0 Å². The van der Waals surface area contributed by atoms with Crippen LogP contribution in [-0.4, -0.2) is 78.7 Å². The molecule has 11 heteroatoms. The summed E-state index contributed by atoms with van der Waals surface area (Å²) in [6.45, 7) is 6.22. The second kappa shape index (κ2) is 8.62. The highest BCUT2D eigenvalue weighted by Crippen LogP contribution is 2.48. The molecule has 2 saturated heterocycles. The van der Waals surface area contributed by atoms with Gasteiger partial charge in [0.2, 0.25) is 0 Å². The van der Waals surface area contributed by atoms with Crippen molar-refractivity contribution in [3.8, 4) is 0 Å². The summed E-state index contributed by atoms with van der Waals surface area (Å²) in [5, 5.41) is 19.1. The lowest BCUT2D eigenvalue weighted by Crippen LogP contribution is -2.45. The molecule has 152 valence electrons. The molecule has 0 spiro atoms. The predicted octanol–water partition coefficient (Wildman–Crippen LogP) is 0.394. The Hall–Kier alpha value is -0.580. The highest BCUT2D eigenvalue weighted by molar-refractivity contribution is 7.54. The van der Waals surface area contributed by atoms with Gasteiger partial charge in [0.05, 0.1) is 19.8 Å². The fourth-order valence-electron chi connectivity index (χ4n) is 2.92. The molecule has 10 nitrogen and oxygen atoms in total. The molecule has 0 aromatic heterocycles. The van der Waals surface area contributed by atoms with E-state index in [1.165, 1.54) is 0 Å². The van der Waals surface area contributed by atoms with E-state index in [1.807, 2.05) is 0 Å². The van der Waals surface area contributed by atoms with Crippen LogP contribution in [0.1, 0.15) is 27.7 Å². The molecular formula is C15H27O10P. The van der Waals surface area contributed by atoms with Crippen molar-refractivity contribution in [1.82, 2.24) is 0 Å². The Balaban J connectivity index is 2.10. The van der Waals surface area contributed by atoms with Crippen molar-refractivity contribution in [2.45, 2.75) is 64.2 Å². The van der Waals surface area contributed by atoms with Crippen LogP contribution in [-0.2, 0) is 37.4 Å². The van der Waals surface area contributed by atoms with Crippen molar-refractivity contribution in [3.63, 3.8) is 0 Å². The van der Waals surface area contributed by atoms with Crippen molar-refractivity contribution in [1.29, 1.82) is 0 Å². The number of carbonyl (C=O) groups excluding carboxylic acids is 1. The number of rotatable bonds is 9. The Labute approximate surface area is 152 Å². The molecule has 2 aliphatic rings. The maximum absolute atomic E-state index is 12.5. The smallest absolute Gasteiger partial charge is 0.341 e. The van der Waals surface area contributed by atoms with Gasteiger partial charge in [-0.25, -0.2) is 0 Å². The van der Waals surface area contributed by atoms with Gasteiger partial charge in [0.25, 0.3) is 0 Å². The molecule has 2 aliphatic heterocycles. The lowest BCUT2D eigenvalue weighted by molar-refractivity contribution is -0.230. The zero-order valence-electron chi connectivity index (χ0n) is 15.3. The first-order chi connectivity index (χ1) is 12.1. The minimum atomic E-state index is -3.64. The largest absolute Gasteiger partial charge is 0.456 e. The molecule has 2 heterocycles. The molecule has 5 atom stereocenters. The number of fused-ring (bicyclic) bond motifs is 1. The Morgan fingerprint density at radius 3 is 2.38 bits per heavy atom. The lowest BCUT2D eigenvalue weighted by atomic mass is 10.1. The Morgan fingerprint density at radius 1 is 1.23 bits per heavy atom. The summed E-state index contributed by atoms with van der Waals surface area (Å²) in [7, 11) is -3.64. The topological polar surface area (TPSA) is 130 Å². The van der Waals surface area contributed by atoms with E-state index in [9.17, 15) is 19.6 Å². The fraction of sp³-hybridized carbons (Fsp3) is 0.933. The van der Waals surface area contributed by atoms with E-state index in [2.05, 4.69) is 0 Å². The number of ether oxygens (including phenoxy) is 4. The SMILES string of the molecule is CCOP(=O)(CC(=O)O[C@@H]1[C@H]2OC(C)(C)O[C@H]2O[C@@H]1[C@H](O)CO)OCC. The van der Waals surface area contributed by atoms with E-state index in [0.717, 1.165) is 0 Å². The van der Waals surface area contributed by atoms with Gasteiger partial charge in [-0.3, -0.25) is 9.36 Å². The summed E-state index contributed by atoms with van der Waals surface area (Å²) in [5.41, 5.74) is 0. The van der Waals surface area contributed by atoms with E-state index >= 15 is 0 Å². The molecule has 0 unspecified atom stereocenters. The highest BCUT2D eigenvalue weighted by Gasteiger charge is 2.58. The average Bonchev–Trinajstić information content (AvgIpc) is 2.99. The van der Waals surface area contributed by atoms with E-state index in [0.29, 0.717) is 0 Å². The first kappa shape index (κ1) is 21.7. The maximum atomic E-state index is 12.5. The Bertz CT molecular complexity index is 529. The van der Waals surface area contributed by atoms with Crippen LogP contribution >= 0.6 is 7.60 Å². The average molecular weight is 398 g/mol. The lowest BCUT2D eigenvalue weighted by Gasteiger charge is -2.28. The molecule has 0 radical (unpaired) electrons. The Kier molecular flexibility index (Phi) is 7.20. The molecular weight excluding hydrogens is 371 g/mol. The van der Waals surface area contributed by atoms with Gasteiger partial charge in [-0.1, -0.05) is 0 Å². The molecule has 0 amide bonds. The van der Waals surface area contributed by atoms with Gasteiger partial charge in [0, 0.05) is 0 Å². The highest BCUT2D eigenvalue weighted by atomic mass is 31.2. The molecule has 2 N–H and O–H groups in total. The molecule has 0 saturated carbocycles. The van der Waals surface area contributed by atoms with Crippen LogP contribution in [0.3, 0.4) is 0 Å². The number of hydrogen-bond donors (Lipinski definition) is 2. The minimum Gasteiger partial charge on any atom is -0.456 e. The van der Waals surface area contributed by atoms with Crippen LogP contribution in [0.15, 0.2) is 0 Å². The number of aliphatic hydroxyl groups is 2. The second-order valence-electron chi connectivity index (χ2n) is 6.38. The van der Waals surface area contributed by atoms with Gasteiger partial charge >= 0.3 is 13.6 Å². The molecule has 0 aliphatic carbocycles. The van der Waals surface area contributed by atoms with E-state index < -0.39 is 62.8 Å². The monoisotopic (exact) mass is 398 g/mol. The van der Waals surface area contributed by atoms with Gasteiger partial charge in [-0.15, -0.1) is 0 Å². The third kappa shape index (κ3) is 5.02. The number of aliphatic hydroxyl groups excluding tert-OH is 2. The van der Waals surface area contributed by atoms with Gasteiger partial charge in [-0.05, 0) is 27.7 Å². The fourth-order valence-corrected chi connectivity index (χ4v) is 4.36. The van der Waals surface area contributed by atoms with Crippen molar-refractivity contribution < 1.29 is 47.6 Å². The van der Waals surface area contributed by atoms with Crippen LogP contribution < -0.4 is 0 Å². The summed E-state index contributed by atoms with van der Waals surface area (Å²) >= 11 is 0. The van der Waals surface area contributed by atoms with Crippen LogP contribution in [0.2, 0.25) is 0 Å². The Morgan fingerprint density at radius 2 is 1.85 bits per heavy atom. The quantitative estimate of drug-likeness (QED) is 0.416. The standard InChI is InChI=1S/C15H27O10P/c1-5-20-26(19,21-6-2)8-10(18)22-12-11(9(17)7-16)23-14-13(12)24-15(3,4)25-14/h9,11-14,16-17H,5-8H2,1-4H3/t9-,11-,12+,13-,14-/m1/s1. The van der Waals surface area contributed by atoms with Crippen molar-refractivity contribution in [2.24, 2.45) is 0 Å². The van der Waals surface area contributed by atoms with Crippen molar-refractivity contribution in [2.75, 3.05) is 26.0 Å². The summed E-state index contributed by atoms with van der Waals surface area (Å²) in [6, 6.07) is 0. The first-order valence-corrected chi connectivity index (χ1v) is 10.2. The summed E-state index contributed by atoms with van der Waals surface area (Å²) in [6.07, 6.45) is -5.64. The zero-order valence-corrected chi connectivity index (χ0v) is 16.2. The van der Waals surface area contributed by atoms with Crippen LogP contribution in [0.5, 0.6) is 0 Å². The van der Waals surface area contributed by atoms with Gasteiger partial charge in [0.1, 0.15) is 18.4 Å². The first-order valence-electron chi connectivity index (χ1n) is 8.52. The zero-order chi connectivity index (χ0) is 19.5. The van der Waals surface area contributed by atoms with Gasteiger partial charge in [0.15, 0.2) is 24.3 Å². The third-order valence-electron chi connectivity index (χ3n) is 3.84. The van der Waals surface area contributed by atoms with Gasteiger partial charge < -0.3 is 38.2 Å². The summed E-state index contributed by atoms with van der Waals surface area (Å²) < 4.78 is 44.8. The number of hydrogen-bond acceptors (Lipinski definition) is 10. The minimum absolute atomic E-state index is 0.110. The van der Waals surface area contributed by atoms with Crippen molar-refractivity contribution >= 4 is 13.6 Å². The second-order valence-corrected chi connectivity index (χ2v) is 8.43. The molecule has 2 fully saturated rings. The summed E-state index contributed by atoms with van der Waals surface area (Å²) in [5.74, 6) is -1.81. The van der Waals surface area contributed by atoms with Gasteiger partial charge in [-0.2, -0.15) is 0 Å². The van der Waals surface area contributed by atoms with E-state index in [1.54, 1.807) is 27.7 Å². The van der Waals surface area contributed by atoms with Crippen LogP contribution in [0, 0.1) is 0 Å². The number of esters is 1. The molecule has 0 bridgehead atoms. The van der Waals surface area contributed by atoms with Crippen LogP contribution in [0.25, 0.3) is 0 Å². The molecule has 0 aromatic carbocycles. The molecule has 2 rings (SSSR count). The normalized spacial score (nSPS) is 31.6. The number of carbonyl (C=O) groups is 1. The molecule has 0 aromatic rings. The van der Waals surface area contributed by atoms with E-state index in [-0.39, 0.29) is 13.2 Å². The third-order valence-corrected chi connectivity index (χ3v) is 5.78. The summed E-state index contributed by atoms with van der Waals surface area (Å²) in [4.78, 5) is 12.3. The van der Waals surface area contributed by atoms with Crippen molar-refractivity contribution in [3.05, 3.63) is 0 Å². The molecule has 26 heavy (non-hydrogen) atoms. The maximum Gasteiger partial charge on any atom is 0.341 e. The van der Waals surface area contributed by atoms with Crippen LogP contribution in [0.4, 0.5) is 0 Å². The predicted molar refractivity (Wildman–Crippen MR) is 87.4 cm³/mol.